The van der Waals surface area contributed by atoms with Gasteiger partial charge in [0.2, 0.25) is 10.0 Å². The molecule has 0 radical (unpaired) electrons. The van der Waals surface area contributed by atoms with Crippen molar-refractivity contribution in [2.24, 2.45) is 0 Å². The zero-order valence-electron chi connectivity index (χ0n) is 22.9. The summed E-state index contributed by atoms with van der Waals surface area (Å²) in [5.41, 5.74) is 6.13. The van der Waals surface area contributed by atoms with E-state index in [1.54, 1.807) is 23.7 Å². The molecule has 41 heavy (non-hydrogen) atoms. The number of amides is 1. The van der Waals surface area contributed by atoms with E-state index in [1.807, 2.05) is 98.0 Å². The Hall–Kier alpha value is -4.44. The quantitative estimate of drug-likeness (QED) is 0.120. The van der Waals surface area contributed by atoms with E-state index in [-0.39, 0.29) is 18.0 Å². The fourth-order valence-corrected chi connectivity index (χ4v) is 6.67. The number of hydrogen-bond acceptors (Lipinski definition) is 5. The van der Waals surface area contributed by atoms with Gasteiger partial charge in [0.05, 0.1) is 4.90 Å². The molecule has 9 heteroatoms. The average molecular weight is 569 g/mol. The molecule has 1 aromatic heterocycles. The number of aromatic amines is 1. The highest BCUT2D eigenvalue weighted by atomic mass is 32.2. The van der Waals surface area contributed by atoms with Crippen LogP contribution in [0.3, 0.4) is 0 Å². The number of sulfonamides is 1. The molecule has 1 amide bonds. The Morgan fingerprint density at radius 1 is 0.902 bits per heavy atom. The zero-order valence-corrected chi connectivity index (χ0v) is 23.7. The average Bonchev–Trinajstić information content (AvgIpc) is 3.40. The molecule has 0 spiro atoms. The molecule has 0 fully saturated rings. The van der Waals surface area contributed by atoms with Crippen molar-refractivity contribution in [2.45, 2.75) is 17.9 Å². The second-order valence-electron chi connectivity index (χ2n) is 10.0. The minimum absolute atomic E-state index is 0.176. The number of hydrogen-bond donors (Lipinski definition) is 3. The number of carbonyl (C=O) groups excluding carboxylic acids is 1. The van der Waals surface area contributed by atoms with E-state index in [0.29, 0.717) is 11.8 Å². The fourth-order valence-electron chi connectivity index (χ4n) is 5.03. The molecule has 0 aliphatic rings. The van der Waals surface area contributed by atoms with Gasteiger partial charge >= 0.3 is 0 Å². The highest BCUT2D eigenvalue weighted by molar-refractivity contribution is 7.89. The summed E-state index contributed by atoms with van der Waals surface area (Å²) in [6, 6.07) is 26.4. The Morgan fingerprint density at radius 3 is 2.37 bits per heavy atom. The van der Waals surface area contributed by atoms with Crippen molar-refractivity contribution < 1.29 is 18.4 Å². The molecular weight excluding hydrogens is 536 g/mol. The topological polar surface area (TPSA) is 106 Å². The molecule has 3 N–H and O–H groups in total. The molecule has 0 atom stereocenters. The molecule has 5 rings (SSSR count). The number of hydroxylamine groups is 1. The predicted octanol–water partition coefficient (Wildman–Crippen LogP) is 5.34. The highest BCUT2D eigenvalue weighted by Gasteiger charge is 2.27. The zero-order chi connectivity index (χ0) is 29.0. The normalized spacial score (nSPS) is 12.0. The number of rotatable bonds is 10. The standard InChI is InChI=1S/C32H32N4O4S/c1-35(2)30-11-5-9-28-27(30)8-6-12-31(28)41(39,40)36(20-19-25-21-33-29-10-4-3-7-26(25)29)22-24-15-13-23(14-16-24)17-18-32(37)34-38/h3-18,21,33,38H,19-20,22H2,1-2H3,(H,34,37)/b18-17+. The van der Waals surface area contributed by atoms with Crippen molar-refractivity contribution in [3.8, 4) is 0 Å². The van der Waals surface area contributed by atoms with Crippen LogP contribution in [0.5, 0.6) is 0 Å². The predicted molar refractivity (Wildman–Crippen MR) is 163 cm³/mol. The Balaban J connectivity index is 1.51. The Morgan fingerprint density at radius 2 is 1.61 bits per heavy atom. The van der Waals surface area contributed by atoms with Gasteiger partial charge in [-0.3, -0.25) is 10.0 Å². The SMILES string of the molecule is CN(C)c1cccc2c(S(=O)(=O)N(CCc3c[nH]c4ccccc34)Cc3ccc(/C=C/C(=O)NO)cc3)cccc12. The first-order chi connectivity index (χ1) is 19.8. The number of para-hydroxylation sites is 1. The van der Waals surface area contributed by atoms with Gasteiger partial charge in [-0.25, -0.2) is 13.9 Å². The molecule has 0 aliphatic heterocycles. The minimum Gasteiger partial charge on any atom is -0.377 e. The third-order valence-electron chi connectivity index (χ3n) is 7.14. The smallest absolute Gasteiger partial charge is 0.267 e. The lowest BCUT2D eigenvalue weighted by molar-refractivity contribution is -0.124. The first kappa shape index (κ1) is 28.1. The number of carbonyl (C=O) groups is 1. The van der Waals surface area contributed by atoms with Crippen LogP contribution in [-0.2, 0) is 27.8 Å². The van der Waals surface area contributed by atoms with E-state index < -0.39 is 15.9 Å². The van der Waals surface area contributed by atoms with E-state index in [4.69, 9.17) is 5.21 Å². The maximum atomic E-state index is 14.4. The van der Waals surface area contributed by atoms with E-state index in [2.05, 4.69) is 4.98 Å². The monoisotopic (exact) mass is 568 g/mol. The van der Waals surface area contributed by atoms with Crippen molar-refractivity contribution in [2.75, 3.05) is 25.5 Å². The Kier molecular flexibility index (Phi) is 8.21. The number of anilines is 1. The lowest BCUT2D eigenvalue weighted by Crippen LogP contribution is -2.32. The van der Waals surface area contributed by atoms with Gasteiger partial charge in [0.1, 0.15) is 0 Å². The lowest BCUT2D eigenvalue weighted by atomic mass is 10.1. The lowest BCUT2D eigenvalue weighted by Gasteiger charge is -2.24. The number of fused-ring (bicyclic) bond motifs is 2. The van der Waals surface area contributed by atoms with Crippen molar-refractivity contribution in [1.82, 2.24) is 14.8 Å². The van der Waals surface area contributed by atoms with Gasteiger partial charge in [-0.1, -0.05) is 66.7 Å². The highest BCUT2D eigenvalue weighted by Crippen LogP contribution is 2.32. The summed E-state index contributed by atoms with van der Waals surface area (Å²) in [5.74, 6) is -0.629. The van der Waals surface area contributed by atoms with E-state index >= 15 is 0 Å². The van der Waals surface area contributed by atoms with Crippen LogP contribution < -0.4 is 10.4 Å². The molecule has 0 saturated carbocycles. The minimum atomic E-state index is -3.90. The van der Waals surface area contributed by atoms with Crippen molar-refractivity contribution in [3.05, 3.63) is 114 Å². The van der Waals surface area contributed by atoms with E-state index in [0.717, 1.165) is 38.7 Å². The summed E-state index contributed by atoms with van der Waals surface area (Å²) in [7, 11) is -0.0139. The van der Waals surface area contributed by atoms with Gasteiger partial charge in [-0.2, -0.15) is 4.31 Å². The van der Waals surface area contributed by atoms with Crippen LogP contribution in [-0.4, -0.2) is 49.5 Å². The van der Waals surface area contributed by atoms with Crippen molar-refractivity contribution in [1.29, 1.82) is 0 Å². The second kappa shape index (κ2) is 12.0. The second-order valence-corrected chi connectivity index (χ2v) is 11.9. The van der Waals surface area contributed by atoms with Gasteiger partial charge in [0, 0.05) is 66.8 Å². The molecule has 8 nitrogen and oxygen atoms in total. The van der Waals surface area contributed by atoms with Crippen LogP contribution in [0, 0.1) is 0 Å². The Labute approximate surface area is 239 Å². The van der Waals surface area contributed by atoms with Gasteiger partial charge < -0.3 is 9.88 Å². The van der Waals surface area contributed by atoms with Crippen molar-refractivity contribution >= 4 is 49.4 Å². The van der Waals surface area contributed by atoms with Crippen LogP contribution in [0.1, 0.15) is 16.7 Å². The van der Waals surface area contributed by atoms with Gasteiger partial charge in [0.25, 0.3) is 5.91 Å². The molecule has 210 valence electrons. The molecule has 5 aromatic rings. The summed E-state index contributed by atoms with van der Waals surface area (Å²) in [6.45, 7) is 0.460. The molecule has 1 heterocycles. The summed E-state index contributed by atoms with van der Waals surface area (Å²) < 4.78 is 30.3. The maximum Gasteiger partial charge on any atom is 0.267 e. The molecule has 0 aliphatic carbocycles. The third kappa shape index (κ3) is 6.02. The Bertz CT molecular complexity index is 1830. The van der Waals surface area contributed by atoms with Crippen LogP contribution in [0.4, 0.5) is 5.69 Å². The molecular formula is C32H32N4O4S. The molecule has 0 saturated heterocycles. The van der Waals surface area contributed by atoms with Crippen LogP contribution >= 0.6 is 0 Å². The summed E-state index contributed by atoms with van der Waals surface area (Å²) in [4.78, 5) is 16.8. The van der Waals surface area contributed by atoms with E-state index in [1.165, 1.54) is 10.4 Å². The summed E-state index contributed by atoms with van der Waals surface area (Å²) in [6.07, 6.45) is 5.27. The van der Waals surface area contributed by atoms with Crippen molar-refractivity contribution in [3.63, 3.8) is 0 Å². The van der Waals surface area contributed by atoms with Crippen LogP contribution in [0.15, 0.2) is 102 Å². The van der Waals surface area contributed by atoms with E-state index in [9.17, 15) is 13.2 Å². The van der Waals surface area contributed by atoms with Gasteiger partial charge in [-0.05, 0) is 47.4 Å². The summed E-state index contributed by atoms with van der Waals surface area (Å²) in [5, 5.41) is 11.3. The van der Waals surface area contributed by atoms with Gasteiger partial charge in [-0.15, -0.1) is 0 Å². The molecule has 0 bridgehead atoms. The van der Waals surface area contributed by atoms with Crippen LogP contribution in [0.2, 0.25) is 0 Å². The fraction of sp³-hybridized carbons (Fsp3) is 0.156. The summed E-state index contributed by atoms with van der Waals surface area (Å²) >= 11 is 0. The number of nitrogens with zero attached hydrogens (tertiary/aromatic N) is 2. The number of aromatic nitrogens is 1. The van der Waals surface area contributed by atoms with Crippen LogP contribution in [0.25, 0.3) is 27.8 Å². The third-order valence-corrected chi connectivity index (χ3v) is 9.04. The molecule has 0 unspecified atom stereocenters. The maximum absolute atomic E-state index is 14.4. The number of benzene rings is 4. The first-order valence-electron chi connectivity index (χ1n) is 13.2. The molecule has 4 aromatic carbocycles. The number of H-pyrrole nitrogens is 1. The van der Waals surface area contributed by atoms with Gasteiger partial charge in [0.15, 0.2) is 0 Å². The number of nitrogens with one attached hydrogen (secondary N) is 2. The first-order valence-corrected chi connectivity index (χ1v) is 14.7. The largest absolute Gasteiger partial charge is 0.377 e.